The van der Waals surface area contributed by atoms with Crippen LogP contribution in [0.4, 0.5) is 11.4 Å². The number of methoxy groups -OCH3 is 2. The number of hydrogen-bond acceptors (Lipinski definition) is 8. The SMILES string of the molecule is COc1ccc(N=C/C=C/C=C/Nc2ccc(OC)cc2)cc1.[O-][Cl+3]([O-])([O-])O. The molecule has 2 N–H and O–H groups in total. The topological polar surface area (TPSA) is 132 Å². The van der Waals surface area contributed by atoms with Crippen LogP contribution in [0.15, 0.2) is 78.0 Å². The van der Waals surface area contributed by atoms with E-state index in [4.69, 9.17) is 28.1 Å². The van der Waals surface area contributed by atoms with Gasteiger partial charge in [-0.2, -0.15) is 14.0 Å². The van der Waals surface area contributed by atoms with E-state index >= 15 is 0 Å². The molecule has 9 heteroatoms. The van der Waals surface area contributed by atoms with E-state index in [1.165, 1.54) is 0 Å². The van der Waals surface area contributed by atoms with Crippen LogP contribution in [0.3, 0.4) is 0 Å². The molecule has 2 aromatic rings. The molecule has 0 heterocycles. The van der Waals surface area contributed by atoms with Crippen molar-refractivity contribution >= 4 is 17.6 Å². The minimum absolute atomic E-state index is 0.826. The molecule has 0 saturated carbocycles. The Kier molecular flexibility index (Phi) is 10.3. The van der Waals surface area contributed by atoms with E-state index in [2.05, 4.69) is 10.3 Å². The van der Waals surface area contributed by atoms with Gasteiger partial charge in [-0.25, -0.2) is 0 Å². The molecule has 0 atom stereocenters. The number of allylic oxidation sites excluding steroid dienone is 3. The van der Waals surface area contributed by atoms with Crippen LogP contribution in [0.1, 0.15) is 0 Å². The van der Waals surface area contributed by atoms with Gasteiger partial charge in [0.1, 0.15) is 11.5 Å². The highest BCUT2D eigenvalue weighted by molar-refractivity contribution is 5.74. The van der Waals surface area contributed by atoms with Gasteiger partial charge in [0.25, 0.3) is 0 Å². The minimum atomic E-state index is -4.69. The van der Waals surface area contributed by atoms with Gasteiger partial charge in [0, 0.05) is 18.1 Å². The third-order valence-corrected chi connectivity index (χ3v) is 3.04. The van der Waals surface area contributed by atoms with Crippen molar-refractivity contribution in [1.82, 2.24) is 0 Å². The van der Waals surface area contributed by atoms with Crippen LogP contribution in [-0.4, -0.2) is 25.1 Å². The van der Waals surface area contributed by atoms with Crippen LogP contribution in [0, 0.1) is 10.2 Å². The molecule has 0 aromatic heterocycles. The predicted octanol–water partition coefficient (Wildman–Crippen LogP) is 0.464. The predicted molar refractivity (Wildman–Crippen MR) is 98.3 cm³/mol. The maximum absolute atomic E-state index is 8.60. The molecular formula is C19H21ClN2O6. The Bertz CT molecular complexity index is 763. The highest BCUT2D eigenvalue weighted by Crippen LogP contribution is 2.17. The fourth-order valence-corrected chi connectivity index (χ4v) is 1.80. The van der Waals surface area contributed by atoms with Gasteiger partial charge in [-0.3, -0.25) is 4.99 Å². The third-order valence-electron chi connectivity index (χ3n) is 3.04. The van der Waals surface area contributed by atoms with Crippen molar-refractivity contribution in [3.05, 3.63) is 73.0 Å². The number of aliphatic imine (C=N–C) groups is 1. The van der Waals surface area contributed by atoms with E-state index in [-0.39, 0.29) is 0 Å². The van der Waals surface area contributed by atoms with Crippen molar-refractivity contribution in [2.24, 2.45) is 4.99 Å². The molecular weight excluding hydrogens is 388 g/mol. The third kappa shape index (κ3) is 11.7. The molecule has 0 saturated heterocycles. The summed E-state index contributed by atoms with van der Waals surface area (Å²) in [5.74, 6) is 1.67. The Balaban J connectivity index is 0.000000696. The second-order valence-corrected chi connectivity index (χ2v) is 5.78. The highest BCUT2D eigenvalue weighted by Gasteiger charge is 1.98. The average molecular weight is 409 g/mol. The smallest absolute Gasteiger partial charge is 0.119 e. The molecule has 0 amide bonds. The summed E-state index contributed by atoms with van der Waals surface area (Å²) in [5, 5.41) is 3.17. The van der Waals surface area contributed by atoms with Crippen LogP contribution < -0.4 is 28.8 Å². The number of hydrogen-bond donors (Lipinski definition) is 2. The highest BCUT2D eigenvalue weighted by atomic mass is 35.7. The molecule has 8 nitrogen and oxygen atoms in total. The number of ether oxygens (including phenoxy) is 2. The molecule has 0 spiro atoms. The maximum atomic E-state index is 8.60. The Labute approximate surface area is 165 Å². The van der Waals surface area contributed by atoms with Crippen LogP contribution in [0.5, 0.6) is 11.5 Å². The van der Waals surface area contributed by atoms with Crippen LogP contribution in [0.25, 0.3) is 0 Å². The molecule has 150 valence electrons. The van der Waals surface area contributed by atoms with Crippen molar-refractivity contribution in [3.63, 3.8) is 0 Å². The first kappa shape index (κ1) is 23.2. The van der Waals surface area contributed by atoms with Gasteiger partial charge in [0.05, 0.1) is 34.8 Å². The van der Waals surface area contributed by atoms with Crippen LogP contribution in [0.2, 0.25) is 0 Å². The van der Waals surface area contributed by atoms with Crippen LogP contribution >= 0.6 is 0 Å². The fourth-order valence-electron chi connectivity index (χ4n) is 1.80. The van der Waals surface area contributed by atoms with E-state index in [0.717, 1.165) is 22.9 Å². The number of anilines is 1. The van der Waals surface area contributed by atoms with Crippen molar-refractivity contribution in [1.29, 1.82) is 0 Å². The lowest BCUT2D eigenvalue weighted by Crippen LogP contribution is -2.58. The standard InChI is InChI=1S/C19H20N2O2.ClHO4/c1-22-18-10-6-16(7-11-18)20-14-4-3-5-15-21-17-8-12-19(23-2)13-9-17;2-1(3,4)5/h3-15,20H,1-2H3;(H,2,3,4,5)/b5-3+,14-4+,21-15?;. The summed E-state index contributed by atoms with van der Waals surface area (Å²) in [6, 6.07) is 15.3. The molecule has 2 aromatic carbocycles. The Morgan fingerprint density at radius 1 is 0.857 bits per heavy atom. The second kappa shape index (κ2) is 12.5. The maximum Gasteiger partial charge on any atom is 0.119 e. The average Bonchev–Trinajstić information content (AvgIpc) is 2.67. The van der Waals surface area contributed by atoms with Crippen LogP contribution in [-0.2, 0) is 0 Å². The van der Waals surface area contributed by atoms with E-state index in [1.807, 2.05) is 73.0 Å². The first-order valence-corrected chi connectivity index (χ1v) is 9.12. The quantitative estimate of drug-likeness (QED) is 0.502. The van der Waals surface area contributed by atoms with Gasteiger partial charge in [-0.1, -0.05) is 6.08 Å². The van der Waals surface area contributed by atoms with Gasteiger partial charge >= 0.3 is 0 Å². The first-order valence-electron chi connectivity index (χ1n) is 7.85. The first-order chi connectivity index (χ1) is 13.3. The zero-order valence-electron chi connectivity index (χ0n) is 15.3. The van der Waals surface area contributed by atoms with Crippen molar-refractivity contribution in [3.8, 4) is 11.5 Å². The zero-order chi connectivity index (χ0) is 20.8. The minimum Gasteiger partial charge on any atom is -0.497 e. The number of benzene rings is 2. The summed E-state index contributed by atoms with van der Waals surface area (Å²) in [6.45, 7) is 0. The second-order valence-electron chi connectivity index (χ2n) is 4.99. The molecule has 0 unspecified atom stereocenters. The largest absolute Gasteiger partial charge is 0.497 e. The summed E-state index contributed by atoms with van der Waals surface area (Å²) < 4.78 is 42.9. The van der Waals surface area contributed by atoms with Gasteiger partial charge in [0.15, 0.2) is 0 Å². The number of nitrogens with one attached hydrogen (secondary N) is 1. The van der Waals surface area contributed by atoms with Gasteiger partial charge in [-0.15, -0.1) is 0 Å². The van der Waals surface area contributed by atoms with E-state index in [1.54, 1.807) is 20.4 Å². The molecule has 0 bridgehead atoms. The lowest BCUT2D eigenvalue weighted by molar-refractivity contribution is -1.92. The number of halogens is 1. The Morgan fingerprint density at radius 3 is 1.86 bits per heavy atom. The summed E-state index contributed by atoms with van der Waals surface area (Å²) in [4.78, 5) is 4.32. The lowest BCUT2D eigenvalue weighted by atomic mass is 10.3. The van der Waals surface area contributed by atoms with E-state index in [0.29, 0.717) is 0 Å². The molecule has 0 fully saturated rings. The van der Waals surface area contributed by atoms with E-state index in [9.17, 15) is 0 Å². The molecule has 28 heavy (non-hydrogen) atoms. The van der Waals surface area contributed by atoms with Crippen molar-refractivity contribution < 1.29 is 38.4 Å². The summed E-state index contributed by atoms with van der Waals surface area (Å²) in [6.07, 6.45) is 9.29. The van der Waals surface area contributed by atoms with E-state index < -0.39 is 10.2 Å². The fraction of sp³-hybridized carbons (Fsp3) is 0.105. The number of nitrogens with zero attached hydrogens (tertiary/aromatic N) is 1. The molecule has 0 aliphatic carbocycles. The normalized spacial score (nSPS) is 11.5. The monoisotopic (exact) mass is 408 g/mol. The van der Waals surface area contributed by atoms with Gasteiger partial charge < -0.3 is 14.8 Å². The summed E-state index contributed by atoms with van der Waals surface area (Å²) >= 11 is 0. The molecule has 0 aliphatic heterocycles. The molecule has 0 radical (unpaired) electrons. The van der Waals surface area contributed by atoms with Gasteiger partial charge in [-0.05, 0) is 60.7 Å². The van der Waals surface area contributed by atoms with Crippen molar-refractivity contribution in [2.75, 3.05) is 19.5 Å². The Hall–Kier alpha value is -2.88. The summed E-state index contributed by atoms with van der Waals surface area (Å²) in [7, 11) is -1.39. The zero-order valence-corrected chi connectivity index (χ0v) is 16.1. The lowest BCUT2D eigenvalue weighted by Gasteiger charge is -2.03. The molecule has 0 aliphatic rings. The molecule has 2 rings (SSSR count). The van der Waals surface area contributed by atoms with Gasteiger partial charge in [0.2, 0.25) is 0 Å². The summed E-state index contributed by atoms with van der Waals surface area (Å²) in [5.41, 5.74) is 1.89. The Morgan fingerprint density at radius 2 is 1.36 bits per heavy atom. The number of rotatable bonds is 7. The van der Waals surface area contributed by atoms with Crippen molar-refractivity contribution in [2.45, 2.75) is 0 Å².